The number of H-pyrrole nitrogens is 1. The molecule has 0 aliphatic carbocycles. The molecule has 0 unspecified atom stereocenters. The van der Waals surface area contributed by atoms with Crippen LogP contribution in [-0.4, -0.2) is 23.3 Å². The predicted octanol–water partition coefficient (Wildman–Crippen LogP) is 1.40. The van der Waals surface area contributed by atoms with E-state index in [1.54, 1.807) is 0 Å². The molecule has 0 bridgehead atoms. The first-order chi connectivity index (χ1) is 9.31. The Labute approximate surface area is 110 Å². The number of aromatic nitrogens is 2. The third-order valence-electron chi connectivity index (χ3n) is 2.22. The Bertz CT molecular complexity index is 761. The summed E-state index contributed by atoms with van der Waals surface area (Å²) < 4.78 is 52.2. The summed E-state index contributed by atoms with van der Waals surface area (Å²) in [6, 6.07) is 0.435. The monoisotopic (exact) mass is 304 g/mol. The number of rotatable bonds is 4. The second kappa shape index (κ2) is 4.85. The first-order valence-corrected chi connectivity index (χ1v) is 6.45. The third-order valence-corrected chi connectivity index (χ3v) is 3.57. The fraction of sp³-hybridized carbons (Fsp3) is 0. The molecule has 2 aromatic rings. The second-order valence-electron chi connectivity index (χ2n) is 3.53. The number of sulfonamides is 1. The Morgan fingerprint density at radius 3 is 2.55 bits per heavy atom. The van der Waals surface area contributed by atoms with E-state index in [4.69, 9.17) is 0 Å². The maximum atomic E-state index is 13.5. The minimum absolute atomic E-state index is 0.134. The van der Waals surface area contributed by atoms with Crippen molar-refractivity contribution in [1.29, 1.82) is 0 Å². The summed E-state index contributed by atoms with van der Waals surface area (Å²) in [6.45, 7) is 0. The molecular weight excluding hydrogens is 298 g/mol. The van der Waals surface area contributed by atoms with Crippen LogP contribution in [0.3, 0.4) is 0 Å². The van der Waals surface area contributed by atoms with E-state index in [2.05, 4.69) is 9.97 Å². The van der Waals surface area contributed by atoms with Crippen LogP contribution in [0, 0.1) is 21.7 Å². The van der Waals surface area contributed by atoms with Crippen LogP contribution in [0.2, 0.25) is 0 Å². The molecule has 11 heteroatoms. The van der Waals surface area contributed by atoms with Crippen molar-refractivity contribution >= 4 is 21.7 Å². The summed E-state index contributed by atoms with van der Waals surface area (Å²) in [4.78, 5) is 14.3. The molecule has 0 saturated carbocycles. The lowest BCUT2D eigenvalue weighted by molar-refractivity contribution is -0.387. The number of nitro benzene ring substituents is 1. The normalized spacial score (nSPS) is 11.3. The zero-order chi connectivity index (χ0) is 14.9. The van der Waals surface area contributed by atoms with Crippen molar-refractivity contribution < 1.29 is 22.1 Å². The van der Waals surface area contributed by atoms with Crippen molar-refractivity contribution in [3.05, 3.63) is 46.3 Å². The van der Waals surface area contributed by atoms with Gasteiger partial charge in [0, 0.05) is 24.5 Å². The molecule has 106 valence electrons. The smallest absolute Gasteiger partial charge is 0.306 e. The Balaban J connectivity index is 2.51. The van der Waals surface area contributed by atoms with E-state index in [1.165, 1.54) is 12.4 Å². The van der Waals surface area contributed by atoms with Crippen molar-refractivity contribution in [2.45, 2.75) is 4.90 Å². The number of benzene rings is 1. The SMILES string of the molecule is O=[N+]([O-])c1cc(S(=O)(=O)Nc2ncc[nH]2)c(F)cc1F. The minimum atomic E-state index is -4.48. The van der Waals surface area contributed by atoms with Gasteiger partial charge in [0.15, 0.2) is 0 Å². The molecule has 20 heavy (non-hydrogen) atoms. The van der Waals surface area contributed by atoms with Gasteiger partial charge in [0.1, 0.15) is 10.7 Å². The van der Waals surface area contributed by atoms with Gasteiger partial charge in [-0.25, -0.2) is 22.5 Å². The number of aromatic amines is 1. The molecule has 1 aromatic heterocycles. The summed E-state index contributed by atoms with van der Waals surface area (Å²) >= 11 is 0. The zero-order valence-corrected chi connectivity index (χ0v) is 10.3. The number of halogens is 2. The quantitative estimate of drug-likeness (QED) is 0.653. The highest BCUT2D eigenvalue weighted by molar-refractivity contribution is 7.92. The molecule has 1 aromatic carbocycles. The topological polar surface area (TPSA) is 118 Å². The third kappa shape index (κ3) is 2.56. The van der Waals surface area contributed by atoms with Gasteiger partial charge in [-0.05, 0) is 0 Å². The molecule has 0 atom stereocenters. The van der Waals surface area contributed by atoms with E-state index in [-0.39, 0.29) is 12.0 Å². The fourth-order valence-corrected chi connectivity index (χ4v) is 2.43. The van der Waals surface area contributed by atoms with Gasteiger partial charge in [0.2, 0.25) is 11.8 Å². The largest absolute Gasteiger partial charge is 0.330 e. The summed E-state index contributed by atoms with van der Waals surface area (Å²) in [5.41, 5.74) is -1.15. The Morgan fingerprint density at radius 2 is 2.00 bits per heavy atom. The highest BCUT2D eigenvalue weighted by Crippen LogP contribution is 2.25. The molecular formula is C9H6F2N4O4S. The number of imidazole rings is 1. The molecule has 0 amide bonds. The van der Waals surface area contributed by atoms with Crippen LogP contribution in [0.1, 0.15) is 0 Å². The van der Waals surface area contributed by atoms with Crippen molar-refractivity contribution in [2.75, 3.05) is 4.72 Å². The van der Waals surface area contributed by atoms with Crippen LogP contribution in [0.4, 0.5) is 20.4 Å². The van der Waals surface area contributed by atoms with E-state index < -0.39 is 37.2 Å². The van der Waals surface area contributed by atoms with Gasteiger partial charge in [0.25, 0.3) is 10.0 Å². The predicted molar refractivity (Wildman–Crippen MR) is 62.4 cm³/mol. The van der Waals surface area contributed by atoms with Crippen molar-refractivity contribution in [2.24, 2.45) is 0 Å². The molecule has 8 nitrogen and oxygen atoms in total. The van der Waals surface area contributed by atoms with E-state index in [0.29, 0.717) is 6.07 Å². The van der Waals surface area contributed by atoms with Gasteiger partial charge in [-0.3, -0.25) is 10.1 Å². The van der Waals surface area contributed by atoms with Crippen LogP contribution in [-0.2, 0) is 10.0 Å². The van der Waals surface area contributed by atoms with E-state index in [0.717, 1.165) is 0 Å². The maximum Gasteiger partial charge on any atom is 0.306 e. The summed E-state index contributed by atoms with van der Waals surface area (Å²) in [5, 5.41) is 10.5. The molecule has 0 saturated heterocycles. The van der Waals surface area contributed by atoms with Crippen LogP contribution in [0.25, 0.3) is 0 Å². The molecule has 2 N–H and O–H groups in total. The maximum absolute atomic E-state index is 13.5. The highest BCUT2D eigenvalue weighted by atomic mass is 32.2. The summed E-state index contributed by atoms with van der Waals surface area (Å²) in [5.74, 6) is -3.13. The molecule has 0 aliphatic rings. The number of nitrogens with zero attached hydrogens (tertiary/aromatic N) is 2. The number of nitrogens with one attached hydrogen (secondary N) is 2. The summed E-state index contributed by atoms with van der Waals surface area (Å²) in [7, 11) is -4.48. The van der Waals surface area contributed by atoms with Crippen LogP contribution in [0.5, 0.6) is 0 Å². The Hall–Kier alpha value is -2.56. The first kappa shape index (κ1) is 13.9. The van der Waals surface area contributed by atoms with Gasteiger partial charge in [-0.1, -0.05) is 0 Å². The number of nitro groups is 1. The van der Waals surface area contributed by atoms with Crippen LogP contribution >= 0.6 is 0 Å². The van der Waals surface area contributed by atoms with Gasteiger partial charge in [-0.15, -0.1) is 0 Å². The standard InChI is InChI=1S/C9H6F2N4O4S/c10-5-3-6(11)8(4-7(5)15(16)17)20(18,19)14-9-12-1-2-13-9/h1-4H,(H2,12,13,14). The lowest BCUT2D eigenvalue weighted by Crippen LogP contribution is -2.16. The number of anilines is 1. The molecule has 0 spiro atoms. The van der Waals surface area contributed by atoms with Crippen LogP contribution in [0.15, 0.2) is 29.4 Å². The lowest BCUT2D eigenvalue weighted by Gasteiger charge is -2.06. The average Bonchev–Trinajstić information content (AvgIpc) is 2.79. The number of hydrogen-bond donors (Lipinski definition) is 2. The minimum Gasteiger partial charge on any atom is -0.330 e. The molecule has 0 aliphatic heterocycles. The summed E-state index contributed by atoms with van der Waals surface area (Å²) in [6.07, 6.45) is 2.54. The van der Waals surface area contributed by atoms with Crippen LogP contribution < -0.4 is 4.72 Å². The molecule has 0 radical (unpaired) electrons. The Kier molecular flexibility index (Phi) is 3.36. The van der Waals surface area contributed by atoms with E-state index in [9.17, 15) is 27.3 Å². The van der Waals surface area contributed by atoms with Gasteiger partial charge >= 0.3 is 5.69 Å². The molecule has 0 fully saturated rings. The fourth-order valence-electron chi connectivity index (χ4n) is 1.37. The molecule has 2 rings (SSSR count). The van der Waals surface area contributed by atoms with Crippen molar-refractivity contribution in [1.82, 2.24) is 9.97 Å². The van der Waals surface area contributed by atoms with Gasteiger partial charge in [0.05, 0.1) is 4.92 Å². The average molecular weight is 304 g/mol. The van der Waals surface area contributed by atoms with Gasteiger partial charge < -0.3 is 4.98 Å². The van der Waals surface area contributed by atoms with Gasteiger partial charge in [-0.2, -0.15) is 4.39 Å². The molecule has 1 heterocycles. The van der Waals surface area contributed by atoms with E-state index >= 15 is 0 Å². The van der Waals surface area contributed by atoms with Crippen molar-refractivity contribution in [3.8, 4) is 0 Å². The van der Waals surface area contributed by atoms with E-state index in [1.807, 2.05) is 4.72 Å². The second-order valence-corrected chi connectivity index (χ2v) is 5.19. The lowest BCUT2D eigenvalue weighted by atomic mass is 10.3. The zero-order valence-electron chi connectivity index (χ0n) is 9.50. The van der Waals surface area contributed by atoms with Crippen molar-refractivity contribution in [3.63, 3.8) is 0 Å². The first-order valence-electron chi connectivity index (χ1n) is 4.97. The highest BCUT2D eigenvalue weighted by Gasteiger charge is 2.26. The number of hydrogen-bond acceptors (Lipinski definition) is 5. The Morgan fingerprint density at radius 1 is 1.30 bits per heavy atom.